The van der Waals surface area contributed by atoms with Crippen molar-refractivity contribution >= 4 is 38.6 Å². The van der Waals surface area contributed by atoms with Crippen molar-refractivity contribution in [2.45, 2.75) is 11.4 Å². The van der Waals surface area contributed by atoms with Gasteiger partial charge in [-0.3, -0.25) is 10.1 Å². The molecule has 2 rings (SSSR count). The van der Waals surface area contributed by atoms with Gasteiger partial charge in [-0.25, -0.2) is 8.42 Å². The minimum atomic E-state index is -4.07. The first kappa shape index (κ1) is 18.5. The second-order valence-electron chi connectivity index (χ2n) is 4.66. The molecular formula is C14H12ClFN2O4S2. The van der Waals surface area contributed by atoms with Crippen LogP contribution in [0.15, 0.2) is 47.9 Å². The van der Waals surface area contributed by atoms with E-state index in [-0.39, 0.29) is 18.0 Å². The maximum atomic E-state index is 13.4. The molecule has 0 aliphatic rings. The molecule has 0 aliphatic carbocycles. The summed E-state index contributed by atoms with van der Waals surface area (Å²) in [7, 11) is -4.07. The van der Waals surface area contributed by atoms with Crippen LogP contribution in [0.1, 0.15) is 4.88 Å². The summed E-state index contributed by atoms with van der Waals surface area (Å²) < 4.78 is 40.5. The number of nitrogens with zero attached hydrogens (tertiary/aromatic N) is 2. The van der Waals surface area contributed by atoms with Crippen molar-refractivity contribution in [2.24, 2.45) is 0 Å². The smallest absolute Gasteiger partial charge is 0.258 e. The van der Waals surface area contributed by atoms with Crippen LogP contribution < -0.4 is 0 Å². The van der Waals surface area contributed by atoms with Crippen molar-refractivity contribution in [1.82, 2.24) is 4.31 Å². The Balaban J connectivity index is 2.42. The van der Waals surface area contributed by atoms with Crippen molar-refractivity contribution < 1.29 is 17.7 Å². The zero-order chi connectivity index (χ0) is 17.9. The third-order valence-electron chi connectivity index (χ3n) is 3.05. The Morgan fingerprint density at radius 1 is 1.38 bits per heavy atom. The van der Waals surface area contributed by atoms with Crippen molar-refractivity contribution in [2.75, 3.05) is 6.54 Å². The van der Waals surface area contributed by atoms with Crippen LogP contribution in [-0.4, -0.2) is 24.2 Å². The zero-order valence-electron chi connectivity index (χ0n) is 12.2. The van der Waals surface area contributed by atoms with Crippen LogP contribution in [0.5, 0.6) is 0 Å². The molecule has 10 heteroatoms. The Morgan fingerprint density at radius 3 is 2.62 bits per heavy atom. The summed E-state index contributed by atoms with van der Waals surface area (Å²) in [5.74, 6) is -1.10. The van der Waals surface area contributed by atoms with Crippen LogP contribution in [-0.2, 0) is 16.6 Å². The van der Waals surface area contributed by atoms with Crippen LogP contribution >= 0.6 is 22.9 Å². The highest BCUT2D eigenvalue weighted by Crippen LogP contribution is 2.27. The number of rotatable bonds is 7. The molecule has 0 bridgehead atoms. The summed E-state index contributed by atoms with van der Waals surface area (Å²) in [5.41, 5.74) is -0.895. The summed E-state index contributed by atoms with van der Waals surface area (Å²) in [4.78, 5) is 10.2. The molecule has 0 N–H and O–H groups in total. The van der Waals surface area contributed by atoms with Gasteiger partial charge in [-0.05, 0) is 24.3 Å². The Kier molecular flexibility index (Phi) is 5.70. The molecule has 0 aliphatic heterocycles. The average Bonchev–Trinajstić information content (AvgIpc) is 2.92. The molecule has 0 amide bonds. The second-order valence-corrected chi connectivity index (χ2v) is 8.40. The fourth-order valence-corrected chi connectivity index (χ4v) is 4.54. The van der Waals surface area contributed by atoms with Gasteiger partial charge in [0, 0.05) is 24.0 Å². The molecule has 24 heavy (non-hydrogen) atoms. The first-order chi connectivity index (χ1) is 11.3. The maximum Gasteiger partial charge on any atom is 0.306 e. The van der Waals surface area contributed by atoms with E-state index in [9.17, 15) is 22.9 Å². The lowest BCUT2D eigenvalue weighted by Crippen LogP contribution is -2.30. The Labute approximate surface area is 147 Å². The molecule has 0 radical (unpaired) electrons. The molecule has 0 saturated heterocycles. The van der Waals surface area contributed by atoms with E-state index >= 15 is 0 Å². The Hall–Kier alpha value is -1.81. The fraction of sp³-hybridized carbons (Fsp3) is 0.143. The summed E-state index contributed by atoms with van der Waals surface area (Å²) in [6.07, 6.45) is 1.39. The number of hydrogen-bond donors (Lipinski definition) is 0. The number of nitro benzene ring substituents is 1. The highest BCUT2D eigenvalue weighted by atomic mass is 35.5. The molecule has 0 spiro atoms. The monoisotopic (exact) mass is 390 g/mol. The van der Waals surface area contributed by atoms with Gasteiger partial charge in [-0.2, -0.15) is 8.70 Å². The van der Waals surface area contributed by atoms with Crippen molar-refractivity contribution in [1.29, 1.82) is 0 Å². The molecule has 1 aromatic heterocycles. The largest absolute Gasteiger partial charge is 0.306 e. The number of thiophene rings is 1. The molecule has 1 heterocycles. The van der Waals surface area contributed by atoms with Crippen molar-refractivity contribution in [3.63, 3.8) is 0 Å². The summed E-state index contributed by atoms with van der Waals surface area (Å²) in [6, 6.07) is 5.80. The summed E-state index contributed by atoms with van der Waals surface area (Å²) in [5, 5.41) is 10.8. The van der Waals surface area contributed by atoms with E-state index in [0.29, 0.717) is 15.3 Å². The molecule has 0 atom stereocenters. The van der Waals surface area contributed by atoms with Crippen molar-refractivity contribution in [3.8, 4) is 0 Å². The van der Waals surface area contributed by atoms with Gasteiger partial charge in [-0.1, -0.05) is 17.7 Å². The van der Waals surface area contributed by atoms with Crippen LogP contribution in [0.4, 0.5) is 10.1 Å². The average molecular weight is 391 g/mol. The molecular weight excluding hydrogens is 379 g/mol. The van der Waals surface area contributed by atoms with Crippen molar-refractivity contribution in [3.05, 3.63) is 68.1 Å². The van der Waals surface area contributed by atoms with E-state index in [1.165, 1.54) is 17.4 Å². The van der Waals surface area contributed by atoms with Gasteiger partial charge in [0.15, 0.2) is 0 Å². The SMILES string of the molecule is C=CCN(Cc1ccc(Cl)s1)S(=O)(=O)c1ccc(F)c([N+](=O)[O-])c1. The van der Waals surface area contributed by atoms with Crippen LogP contribution in [0.25, 0.3) is 0 Å². The number of benzene rings is 1. The Bertz CT molecular complexity index is 883. The number of sulfonamides is 1. The van der Waals surface area contributed by atoms with Gasteiger partial charge in [0.1, 0.15) is 0 Å². The minimum absolute atomic E-state index is 0.0109. The van der Waals surface area contributed by atoms with Gasteiger partial charge in [-0.15, -0.1) is 17.9 Å². The third kappa shape index (κ3) is 3.99. The van der Waals surface area contributed by atoms with E-state index in [2.05, 4.69) is 6.58 Å². The second kappa shape index (κ2) is 7.39. The number of halogens is 2. The minimum Gasteiger partial charge on any atom is -0.258 e. The number of nitro groups is 1. The molecule has 2 aromatic rings. The fourth-order valence-electron chi connectivity index (χ4n) is 1.94. The first-order valence-electron chi connectivity index (χ1n) is 6.55. The van der Waals surface area contributed by atoms with Gasteiger partial charge < -0.3 is 0 Å². The van der Waals surface area contributed by atoms with Gasteiger partial charge in [0.05, 0.1) is 14.2 Å². The lowest BCUT2D eigenvalue weighted by atomic mass is 10.3. The molecule has 1 aromatic carbocycles. The van der Waals surface area contributed by atoms with E-state index in [1.54, 1.807) is 12.1 Å². The van der Waals surface area contributed by atoms with E-state index in [1.807, 2.05) is 0 Å². The predicted octanol–water partition coefficient (Wildman–Crippen LogP) is 3.83. The topological polar surface area (TPSA) is 80.5 Å². The van der Waals surface area contributed by atoms with Gasteiger partial charge in [0.2, 0.25) is 15.8 Å². The molecule has 6 nitrogen and oxygen atoms in total. The normalized spacial score (nSPS) is 11.6. The summed E-state index contributed by atoms with van der Waals surface area (Å²) in [6.45, 7) is 3.53. The molecule has 0 fully saturated rings. The standard InChI is InChI=1S/C14H12ClFN2O4S2/c1-2-7-17(9-10-3-6-14(15)23-10)24(21,22)11-4-5-12(16)13(8-11)18(19)20/h2-6,8H,1,7,9H2. The molecule has 0 saturated carbocycles. The van der Waals surface area contributed by atoms with E-state index in [0.717, 1.165) is 16.4 Å². The van der Waals surface area contributed by atoms with E-state index in [4.69, 9.17) is 11.6 Å². The Morgan fingerprint density at radius 2 is 2.08 bits per heavy atom. The van der Waals surface area contributed by atoms with Crippen LogP contribution in [0.3, 0.4) is 0 Å². The maximum absolute atomic E-state index is 13.4. The predicted molar refractivity (Wildman–Crippen MR) is 90.2 cm³/mol. The van der Waals surface area contributed by atoms with Gasteiger partial charge in [0.25, 0.3) is 0 Å². The van der Waals surface area contributed by atoms with Gasteiger partial charge >= 0.3 is 5.69 Å². The molecule has 0 unspecified atom stereocenters. The lowest BCUT2D eigenvalue weighted by molar-refractivity contribution is -0.387. The third-order valence-corrected chi connectivity index (χ3v) is 6.07. The first-order valence-corrected chi connectivity index (χ1v) is 9.18. The highest BCUT2D eigenvalue weighted by molar-refractivity contribution is 7.89. The lowest BCUT2D eigenvalue weighted by Gasteiger charge is -2.20. The summed E-state index contributed by atoms with van der Waals surface area (Å²) >= 11 is 7.06. The number of hydrogen-bond acceptors (Lipinski definition) is 5. The zero-order valence-corrected chi connectivity index (χ0v) is 14.6. The van der Waals surface area contributed by atoms with Crippen LogP contribution in [0, 0.1) is 15.9 Å². The molecule has 128 valence electrons. The van der Waals surface area contributed by atoms with E-state index < -0.39 is 26.5 Å². The van der Waals surface area contributed by atoms with Crippen LogP contribution in [0.2, 0.25) is 4.34 Å². The quantitative estimate of drug-likeness (QED) is 0.409. The highest BCUT2D eigenvalue weighted by Gasteiger charge is 2.27.